The molecular formula is C41H25N3O. The van der Waals surface area contributed by atoms with Crippen LogP contribution in [0, 0.1) is 0 Å². The molecule has 0 radical (unpaired) electrons. The summed E-state index contributed by atoms with van der Waals surface area (Å²) in [6.07, 6.45) is 0. The molecule has 0 unspecified atom stereocenters. The van der Waals surface area contributed by atoms with Crippen molar-refractivity contribution in [3.05, 3.63) is 152 Å². The van der Waals surface area contributed by atoms with Gasteiger partial charge in [0.15, 0.2) is 17.5 Å². The topological polar surface area (TPSA) is 51.8 Å². The van der Waals surface area contributed by atoms with E-state index in [4.69, 9.17) is 19.4 Å². The van der Waals surface area contributed by atoms with Crippen molar-refractivity contribution in [1.29, 1.82) is 0 Å². The maximum absolute atomic E-state index is 6.69. The van der Waals surface area contributed by atoms with E-state index in [9.17, 15) is 0 Å². The van der Waals surface area contributed by atoms with Crippen molar-refractivity contribution in [3.8, 4) is 45.3 Å². The van der Waals surface area contributed by atoms with Gasteiger partial charge in [-0.25, -0.2) is 15.0 Å². The summed E-state index contributed by atoms with van der Waals surface area (Å²) in [5.74, 6) is 1.80. The first-order valence-electron chi connectivity index (χ1n) is 15.0. The first kappa shape index (κ1) is 25.4. The number of hydrogen-bond acceptors (Lipinski definition) is 4. The van der Waals surface area contributed by atoms with Gasteiger partial charge in [-0.1, -0.05) is 127 Å². The van der Waals surface area contributed by atoms with Crippen LogP contribution in [0.1, 0.15) is 0 Å². The molecule has 0 spiro atoms. The molecular weight excluding hydrogens is 550 g/mol. The fraction of sp³-hybridized carbons (Fsp3) is 0. The molecule has 9 rings (SSSR count). The molecule has 2 aromatic heterocycles. The van der Waals surface area contributed by atoms with Crippen LogP contribution in [-0.4, -0.2) is 15.0 Å². The lowest BCUT2D eigenvalue weighted by atomic mass is 9.97. The summed E-state index contributed by atoms with van der Waals surface area (Å²) in [4.78, 5) is 15.2. The highest BCUT2D eigenvalue weighted by Gasteiger charge is 2.20. The maximum Gasteiger partial charge on any atom is 0.167 e. The van der Waals surface area contributed by atoms with Gasteiger partial charge in [-0.3, -0.25) is 0 Å². The molecule has 0 aliphatic rings. The molecule has 0 amide bonds. The van der Waals surface area contributed by atoms with Crippen LogP contribution in [0.3, 0.4) is 0 Å². The zero-order chi connectivity index (χ0) is 29.7. The average molecular weight is 576 g/mol. The monoisotopic (exact) mass is 575 g/mol. The van der Waals surface area contributed by atoms with Gasteiger partial charge in [-0.05, 0) is 56.9 Å². The Bertz CT molecular complexity index is 2540. The number of hydrogen-bond donors (Lipinski definition) is 0. The van der Waals surface area contributed by atoms with Crippen molar-refractivity contribution < 1.29 is 4.42 Å². The normalized spacial score (nSPS) is 11.6. The molecule has 9 aromatic rings. The highest BCUT2D eigenvalue weighted by molar-refractivity contribution is 6.21. The number of benzene rings is 7. The third-order valence-electron chi connectivity index (χ3n) is 8.48. The molecule has 0 N–H and O–H groups in total. The zero-order valence-corrected chi connectivity index (χ0v) is 24.2. The molecule has 0 aliphatic carbocycles. The Morgan fingerprint density at radius 3 is 1.80 bits per heavy atom. The van der Waals surface area contributed by atoms with E-state index >= 15 is 0 Å². The lowest BCUT2D eigenvalue weighted by molar-refractivity contribution is 0.670. The Kier molecular flexibility index (Phi) is 5.78. The predicted octanol–water partition coefficient (Wildman–Crippen LogP) is 10.7. The molecule has 45 heavy (non-hydrogen) atoms. The largest absolute Gasteiger partial charge is 0.455 e. The van der Waals surface area contributed by atoms with E-state index in [-0.39, 0.29) is 0 Å². The first-order chi connectivity index (χ1) is 22.3. The van der Waals surface area contributed by atoms with E-state index in [1.54, 1.807) is 0 Å². The Morgan fingerprint density at radius 1 is 0.378 bits per heavy atom. The second-order valence-electron chi connectivity index (χ2n) is 11.3. The molecule has 0 saturated heterocycles. The zero-order valence-electron chi connectivity index (χ0n) is 24.2. The van der Waals surface area contributed by atoms with Gasteiger partial charge in [0.05, 0.1) is 5.56 Å². The summed E-state index contributed by atoms with van der Waals surface area (Å²) in [7, 11) is 0. The van der Waals surface area contributed by atoms with Crippen LogP contribution in [0.25, 0.3) is 88.8 Å². The summed E-state index contributed by atoms with van der Waals surface area (Å²) in [6.45, 7) is 0. The number of fused-ring (bicyclic) bond motifs is 6. The van der Waals surface area contributed by atoms with E-state index in [2.05, 4.69) is 115 Å². The van der Waals surface area contributed by atoms with Crippen LogP contribution in [0.5, 0.6) is 0 Å². The number of aromatic nitrogens is 3. The van der Waals surface area contributed by atoms with Gasteiger partial charge in [0.1, 0.15) is 11.2 Å². The third kappa shape index (κ3) is 4.35. The Balaban J connectivity index is 1.37. The molecule has 0 saturated carbocycles. The van der Waals surface area contributed by atoms with Crippen LogP contribution >= 0.6 is 0 Å². The smallest absolute Gasteiger partial charge is 0.167 e. The van der Waals surface area contributed by atoms with E-state index in [0.717, 1.165) is 60.5 Å². The minimum atomic E-state index is 0.568. The molecule has 4 heteroatoms. The SMILES string of the molecule is c1ccc(-c2cc(-c3nc(-c4ccccc4)nc(-c4ccc5ccccc5c4)n3)c3oc4ccc5ccccc5c4c3c2)cc1. The van der Waals surface area contributed by atoms with Gasteiger partial charge in [0.2, 0.25) is 0 Å². The summed E-state index contributed by atoms with van der Waals surface area (Å²) >= 11 is 0. The molecule has 0 aliphatic heterocycles. The van der Waals surface area contributed by atoms with Crippen LogP contribution in [0.2, 0.25) is 0 Å². The van der Waals surface area contributed by atoms with Gasteiger partial charge >= 0.3 is 0 Å². The Morgan fingerprint density at radius 2 is 1.00 bits per heavy atom. The van der Waals surface area contributed by atoms with Crippen LogP contribution in [0.4, 0.5) is 0 Å². The fourth-order valence-corrected chi connectivity index (χ4v) is 6.28. The number of rotatable bonds is 4. The van der Waals surface area contributed by atoms with E-state index in [1.807, 2.05) is 36.4 Å². The lowest BCUT2D eigenvalue weighted by Gasteiger charge is -2.11. The summed E-state index contributed by atoms with van der Waals surface area (Å²) in [5, 5.41) is 6.76. The van der Waals surface area contributed by atoms with Gasteiger partial charge in [0, 0.05) is 21.9 Å². The first-order valence-corrected chi connectivity index (χ1v) is 15.0. The minimum Gasteiger partial charge on any atom is -0.455 e. The summed E-state index contributed by atoms with van der Waals surface area (Å²) < 4.78 is 6.69. The second-order valence-corrected chi connectivity index (χ2v) is 11.3. The van der Waals surface area contributed by atoms with Crippen LogP contribution in [0.15, 0.2) is 156 Å². The number of nitrogens with zero attached hydrogens (tertiary/aromatic N) is 3. The second kappa shape index (κ2) is 10.2. The molecule has 7 aromatic carbocycles. The van der Waals surface area contributed by atoms with E-state index < -0.39 is 0 Å². The van der Waals surface area contributed by atoms with Crippen molar-refractivity contribution in [2.75, 3.05) is 0 Å². The average Bonchev–Trinajstić information content (AvgIpc) is 3.51. The van der Waals surface area contributed by atoms with Crippen LogP contribution < -0.4 is 0 Å². The van der Waals surface area contributed by atoms with Crippen molar-refractivity contribution in [3.63, 3.8) is 0 Å². The van der Waals surface area contributed by atoms with Gasteiger partial charge in [-0.2, -0.15) is 0 Å². The predicted molar refractivity (Wildman–Crippen MR) is 184 cm³/mol. The third-order valence-corrected chi connectivity index (χ3v) is 8.48. The Labute approximate surface area is 259 Å². The molecule has 0 atom stereocenters. The van der Waals surface area contributed by atoms with Gasteiger partial charge < -0.3 is 4.42 Å². The molecule has 4 nitrogen and oxygen atoms in total. The molecule has 210 valence electrons. The van der Waals surface area contributed by atoms with Crippen LogP contribution in [-0.2, 0) is 0 Å². The number of furan rings is 1. The van der Waals surface area contributed by atoms with Crippen molar-refractivity contribution in [2.24, 2.45) is 0 Å². The van der Waals surface area contributed by atoms with E-state index in [0.29, 0.717) is 17.5 Å². The summed E-state index contributed by atoms with van der Waals surface area (Å²) in [6, 6.07) is 52.2. The molecule has 2 heterocycles. The van der Waals surface area contributed by atoms with Crippen molar-refractivity contribution in [1.82, 2.24) is 15.0 Å². The fourth-order valence-electron chi connectivity index (χ4n) is 6.28. The molecule has 0 fully saturated rings. The summed E-state index contributed by atoms with van der Waals surface area (Å²) in [5.41, 5.74) is 6.46. The highest BCUT2D eigenvalue weighted by atomic mass is 16.3. The van der Waals surface area contributed by atoms with Gasteiger partial charge in [0.25, 0.3) is 0 Å². The molecule has 0 bridgehead atoms. The maximum atomic E-state index is 6.69. The highest BCUT2D eigenvalue weighted by Crippen LogP contribution is 2.42. The minimum absolute atomic E-state index is 0.568. The van der Waals surface area contributed by atoms with E-state index in [1.165, 1.54) is 10.8 Å². The lowest BCUT2D eigenvalue weighted by Crippen LogP contribution is -2.00. The van der Waals surface area contributed by atoms with Crippen molar-refractivity contribution >= 4 is 43.5 Å². The van der Waals surface area contributed by atoms with Gasteiger partial charge in [-0.15, -0.1) is 0 Å². The quantitative estimate of drug-likeness (QED) is 0.209. The van der Waals surface area contributed by atoms with Crippen molar-refractivity contribution in [2.45, 2.75) is 0 Å². The Hall–Kier alpha value is -6.13. The standard InChI is InChI=1S/C41H25N3O/c1-3-11-26(12-4-1)32-24-34-37-33-18-10-9-14-28(33)21-22-36(37)45-38(34)35(25-32)41-43-39(29-15-5-2-6-16-29)42-40(44-41)31-20-19-27-13-7-8-17-30(27)23-31/h1-25H.